The van der Waals surface area contributed by atoms with Gasteiger partial charge in [-0.3, -0.25) is 4.90 Å². The number of carboxylic acids is 1. The van der Waals surface area contributed by atoms with Crippen molar-refractivity contribution >= 4 is 50.1 Å². The van der Waals surface area contributed by atoms with Gasteiger partial charge in [-0.1, -0.05) is 48.5 Å². The van der Waals surface area contributed by atoms with Crippen LogP contribution < -0.4 is 4.90 Å². The number of anilines is 1. The molecule has 1 N–H and O–H groups in total. The normalized spacial score (nSPS) is 13.1. The number of hydrogen-bond acceptors (Lipinski definition) is 3. The molecular formula is C24H23NO4. The first-order valence-electron chi connectivity index (χ1n) is 9.59. The van der Waals surface area contributed by atoms with Crippen molar-refractivity contribution in [2.24, 2.45) is 0 Å². The molecule has 4 aromatic carbocycles. The number of carbonyl (C=O) groups is 2. The lowest BCUT2D eigenvalue weighted by molar-refractivity contribution is -0.138. The predicted molar refractivity (Wildman–Crippen MR) is 116 cm³/mol. The van der Waals surface area contributed by atoms with Crippen LogP contribution in [0.5, 0.6) is 0 Å². The molecule has 1 amide bonds. The lowest BCUT2D eigenvalue weighted by Crippen LogP contribution is -2.46. The van der Waals surface area contributed by atoms with Gasteiger partial charge >= 0.3 is 12.1 Å². The zero-order valence-electron chi connectivity index (χ0n) is 16.9. The Balaban J connectivity index is 2.00. The van der Waals surface area contributed by atoms with Gasteiger partial charge in [0.15, 0.2) is 0 Å². The number of hydrogen-bond donors (Lipinski definition) is 1. The van der Waals surface area contributed by atoms with Gasteiger partial charge in [-0.25, -0.2) is 9.59 Å². The second-order valence-corrected chi connectivity index (χ2v) is 8.31. The lowest BCUT2D eigenvalue weighted by Gasteiger charge is -2.31. The minimum atomic E-state index is -1.10. The summed E-state index contributed by atoms with van der Waals surface area (Å²) in [6.45, 7) is 6.78. The number of benzene rings is 4. The van der Waals surface area contributed by atoms with Crippen molar-refractivity contribution in [3.63, 3.8) is 0 Å². The second kappa shape index (κ2) is 6.62. The Hall–Kier alpha value is -3.34. The molecule has 0 aromatic heterocycles. The van der Waals surface area contributed by atoms with Crippen molar-refractivity contribution < 1.29 is 19.4 Å². The molecule has 148 valence electrons. The monoisotopic (exact) mass is 389 g/mol. The Morgan fingerprint density at radius 1 is 0.897 bits per heavy atom. The van der Waals surface area contributed by atoms with Crippen molar-refractivity contribution in [2.45, 2.75) is 39.3 Å². The van der Waals surface area contributed by atoms with Gasteiger partial charge < -0.3 is 9.84 Å². The molecule has 0 fully saturated rings. The number of carbonyl (C=O) groups excluding carboxylic acids is 1. The van der Waals surface area contributed by atoms with Crippen molar-refractivity contribution in [1.29, 1.82) is 0 Å². The SMILES string of the molecule is C[C@@H](C(=O)O)N(C(=O)OC(C)(C)C)c1ccc2ccc3cccc4ccc1c2c34. The fraction of sp³-hybridized carbons (Fsp3) is 0.250. The summed E-state index contributed by atoms with van der Waals surface area (Å²) in [5, 5.41) is 15.9. The molecular weight excluding hydrogens is 366 g/mol. The molecule has 0 aliphatic carbocycles. The molecule has 0 unspecified atom stereocenters. The van der Waals surface area contributed by atoms with Gasteiger partial charge in [-0.15, -0.1) is 0 Å². The molecule has 0 aliphatic rings. The van der Waals surface area contributed by atoms with Crippen LogP contribution in [0.15, 0.2) is 54.6 Å². The first-order chi connectivity index (χ1) is 13.7. The molecule has 29 heavy (non-hydrogen) atoms. The van der Waals surface area contributed by atoms with E-state index in [1.807, 2.05) is 30.3 Å². The number of rotatable bonds is 3. The smallest absolute Gasteiger partial charge is 0.415 e. The second-order valence-electron chi connectivity index (χ2n) is 8.31. The molecule has 0 radical (unpaired) electrons. The van der Waals surface area contributed by atoms with Crippen LogP contribution >= 0.6 is 0 Å². The van der Waals surface area contributed by atoms with Crippen LogP contribution in [0, 0.1) is 0 Å². The fourth-order valence-corrected chi connectivity index (χ4v) is 3.82. The van der Waals surface area contributed by atoms with E-state index in [9.17, 15) is 14.7 Å². The lowest BCUT2D eigenvalue weighted by atomic mass is 9.93. The van der Waals surface area contributed by atoms with Crippen molar-refractivity contribution in [3.8, 4) is 0 Å². The van der Waals surface area contributed by atoms with E-state index in [4.69, 9.17) is 4.74 Å². The number of ether oxygens (including phenoxy) is 1. The van der Waals surface area contributed by atoms with E-state index in [1.165, 1.54) is 11.8 Å². The molecule has 4 aromatic rings. The summed E-state index contributed by atoms with van der Waals surface area (Å²) in [6.07, 6.45) is -0.678. The minimum Gasteiger partial charge on any atom is -0.480 e. The maximum atomic E-state index is 13.0. The summed E-state index contributed by atoms with van der Waals surface area (Å²) in [7, 11) is 0. The summed E-state index contributed by atoms with van der Waals surface area (Å²) in [5.41, 5.74) is -0.211. The highest BCUT2D eigenvalue weighted by atomic mass is 16.6. The van der Waals surface area contributed by atoms with E-state index < -0.39 is 23.7 Å². The third kappa shape index (κ3) is 3.23. The Kier molecular flexibility index (Phi) is 4.34. The molecule has 0 bridgehead atoms. The fourth-order valence-electron chi connectivity index (χ4n) is 3.82. The quantitative estimate of drug-likeness (QED) is 0.450. The van der Waals surface area contributed by atoms with Crippen LogP contribution in [0.3, 0.4) is 0 Å². The summed E-state index contributed by atoms with van der Waals surface area (Å²) >= 11 is 0. The van der Waals surface area contributed by atoms with Crippen LogP contribution in [0.4, 0.5) is 10.5 Å². The molecule has 0 spiro atoms. The van der Waals surface area contributed by atoms with E-state index >= 15 is 0 Å². The van der Waals surface area contributed by atoms with E-state index in [0.29, 0.717) is 5.69 Å². The average molecular weight is 389 g/mol. The van der Waals surface area contributed by atoms with Gasteiger partial charge in [0.1, 0.15) is 11.6 Å². The Labute approximate surface area is 168 Å². The van der Waals surface area contributed by atoms with Gasteiger partial charge in [-0.05, 0) is 60.7 Å². The maximum absolute atomic E-state index is 13.0. The van der Waals surface area contributed by atoms with Crippen molar-refractivity contribution in [3.05, 3.63) is 54.6 Å². The minimum absolute atomic E-state index is 0.528. The van der Waals surface area contributed by atoms with Gasteiger partial charge in [-0.2, -0.15) is 0 Å². The van der Waals surface area contributed by atoms with E-state index in [-0.39, 0.29) is 0 Å². The molecule has 5 nitrogen and oxygen atoms in total. The highest BCUT2D eigenvalue weighted by molar-refractivity contribution is 6.26. The summed E-state index contributed by atoms with van der Waals surface area (Å²) < 4.78 is 5.54. The standard InChI is InChI=1S/C24H23NO4/c1-14(22(26)27)25(23(28)29-24(2,3)4)19-13-11-17-9-8-15-6-5-7-16-10-12-18(19)21(17)20(15)16/h5-14H,1-4H3,(H,26,27)/t14-/m0/s1. The number of aliphatic carboxylic acids is 1. The molecule has 5 heteroatoms. The number of amides is 1. The van der Waals surface area contributed by atoms with E-state index in [2.05, 4.69) is 18.2 Å². The van der Waals surface area contributed by atoms with Crippen molar-refractivity contribution in [2.75, 3.05) is 4.90 Å². The summed E-state index contributed by atoms with van der Waals surface area (Å²) in [5.74, 6) is -1.10. The average Bonchev–Trinajstić information content (AvgIpc) is 2.65. The molecule has 0 saturated heterocycles. The summed E-state index contributed by atoms with van der Waals surface area (Å²) in [4.78, 5) is 26.0. The summed E-state index contributed by atoms with van der Waals surface area (Å²) in [6, 6.07) is 16.9. The van der Waals surface area contributed by atoms with Crippen LogP contribution in [0.1, 0.15) is 27.7 Å². The van der Waals surface area contributed by atoms with Crippen molar-refractivity contribution in [1.82, 2.24) is 0 Å². The molecule has 1 atom stereocenters. The molecule has 0 aliphatic heterocycles. The molecule has 0 heterocycles. The van der Waals surface area contributed by atoms with Crippen LogP contribution in [0.2, 0.25) is 0 Å². The third-order valence-corrected chi connectivity index (χ3v) is 5.10. The Morgan fingerprint density at radius 3 is 2.03 bits per heavy atom. The van der Waals surface area contributed by atoms with E-state index in [1.54, 1.807) is 26.8 Å². The Morgan fingerprint density at radius 2 is 1.45 bits per heavy atom. The molecule has 0 saturated carbocycles. The zero-order valence-corrected chi connectivity index (χ0v) is 16.9. The van der Waals surface area contributed by atoms with Crippen LogP contribution in [-0.4, -0.2) is 28.8 Å². The first kappa shape index (κ1) is 19.0. The highest BCUT2D eigenvalue weighted by Gasteiger charge is 2.32. The van der Waals surface area contributed by atoms with E-state index in [0.717, 1.165) is 32.3 Å². The number of nitrogens with zero attached hydrogens (tertiary/aromatic N) is 1. The predicted octanol–water partition coefficient (Wildman–Crippen LogP) is 5.80. The zero-order chi connectivity index (χ0) is 20.9. The largest absolute Gasteiger partial charge is 0.480 e. The third-order valence-electron chi connectivity index (χ3n) is 5.10. The topological polar surface area (TPSA) is 66.8 Å². The van der Waals surface area contributed by atoms with Crippen LogP contribution in [-0.2, 0) is 9.53 Å². The maximum Gasteiger partial charge on any atom is 0.415 e. The van der Waals surface area contributed by atoms with Gasteiger partial charge in [0.25, 0.3) is 0 Å². The highest BCUT2D eigenvalue weighted by Crippen LogP contribution is 2.39. The van der Waals surface area contributed by atoms with Gasteiger partial charge in [0.2, 0.25) is 0 Å². The Bertz CT molecular complexity index is 1220. The van der Waals surface area contributed by atoms with Gasteiger partial charge in [0.05, 0.1) is 5.69 Å². The van der Waals surface area contributed by atoms with Gasteiger partial charge in [0, 0.05) is 5.39 Å². The number of carboxylic acid groups (broad SMARTS) is 1. The first-order valence-corrected chi connectivity index (χ1v) is 9.59. The van der Waals surface area contributed by atoms with Crippen LogP contribution in [0.25, 0.3) is 32.3 Å². The molecule has 4 rings (SSSR count).